The van der Waals surface area contributed by atoms with Crippen molar-refractivity contribution >= 4 is 5.69 Å². The maximum atomic E-state index is 8.93. The molecule has 1 heterocycles. The Morgan fingerprint density at radius 1 is 1.38 bits per heavy atom. The van der Waals surface area contributed by atoms with Crippen LogP contribution in [0.1, 0.15) is 24.8 Å². The molecule has 1 unspecified atom stereocenters. The lowest BCUT2D eigenvalue weighted by Crippen LogP contribution is -2.27. The van der Waals surface area contributed by atoms with Gasteiger partial charge in [0.2, 0.25) is 0 Å². The molecule has 1 atom stereocenters. The van der Waals surface area contributed by atoms with Crippen molar-refractivity contribution in [2.24, 2.45) is 0 Å². The van der Waals surface area contributed by atoms with Crippen LogP contribution in [-0.4, -0.2) is 19.3 Å². The average molecular weight is 216 g/mol. The summed E-state index contributed by atoms with van der Waals surface area (Å²) in [6.07, 6.45) is 3.82. The number of benzene rings is 1. The zero-order chi connectivity index (χ0) is 11.2. The van der Waals surface area contributed by atoms with Gasteiger partial charge in [-0.1, -0.05) is 12.1 Å². The van der Waals surface area contributed by atoms with E-state index in [-0.39, 0.29) is 0 Å². The van der Waals surface area contributed by atoms with Crippen molar-refractivity contribution in [3.05, 3.63) is 29.8 Å². The Kier molecular flexibility index (Phi) is 3.79. The van der Waals surface area contributed by atoms with E-state index in [0.717, 1.165) is 25.3 Å². The predicted molar refractivity (Wildman–Crippen MR) is 63.2 cm³/mol. The van der Waals surface area contributed by atoms with Crippen molar-refractivity contribution < 1.29 is 4.74 Å². The van der Waals surface area contributed by atoms with Gasteiger partial charge in [-0.3, -0.25) is 0 Å². The third-order valence-electron chi connectivity index (χ3n) is 2.84. The summed E-state index contributed by atoms with van der Waals surface area (Å²) >= 11 is 0. The highest BCUT2D eigenvalue weighted by molar-refractivity contribution is 5.57. The number of nitriles is 1. The standard InChI is InChI=1S/C13H16N2O/c14-9-11-5-1-2-7-13(11)15-10-12-6-3-4-8-16-12/h1-2,5,7,12,15H,3-4,6,8,10H2. The minimum Gasteiger partial charge on any atom is -0.381 e. The molecule has 16 heavy (non-hydrogen) atoms. The molecule has 2 rings (SSSR count). The summed E-state index contributed by atoms with van der Waals surface area (Å²) in [5.74, 6) is 0. The van der Waals surface area contributed by atoms with Crippen LogP contribution in [0.15, 0.2) is 24.3 Å². The molecular weight excluding hydrogens is 200 g/mol. The van der Waals surface area contributed by atoms with E-state index < -0.39 is 0 Å². The molecule has 0 amide bonds. The van der Waals surface area contributed by atoms with Gasteiger partial charge in [0.1, 0.15) is 6.07 Å². The van der Waals surface area contributed by atoms with Crippen molar-refractivity contribution in [3.8, 4) is 6.07 Å². The molecule has 1 aliphatic rings. The van der Waals surface area contributed by atoms with Gasteiger partial charge in [0.15, 0.2) is 0 Å². The fourth-order valence-corrected chi connectivity index (χ4v) is 1.93. The van der Waals surface area contributed by atoms with Gasteiger partial charge in [-0.15, -0.1) is 0 Å². The third kappa shape index (κ3) is 2.74. The molecule has 1 fully saturated rings. The highest BCUT2D eigenvalue weighted by Crippen LogP contribution is 2.16. The Bertz CT molecular complexity index is 378. The second-order valence-corrected chi connectivity index (χ2v) is 4.03. The highest BCUT2D eigenvalue weighted by Gasteiger charge is 2.13. The first kappa shape index (κ1) is 11.0. The van der Waals surface area contributed by atoms with E-state index in [1.165, 1.54) is 12.8 Å². The number of nitrogens with zero attached hydrogens (tertiary/aromatic N) is 1. The molecule has 84 valence electrons. The summed E-state index contributed by atoms with van der Waals surface area (Å²) < 4.78 is 5.63. The molecule has 3 heteroatoms. The number of anilines is 1. The number of ether oxygens (including phenoxy) is 1. The van der Waals surface area contributed by atoms with Crippen molar-refractivity contribution in [3.63, 3.8) is 0 Å². The average Bonchev–Trinajstić information content (AvgIpc) is 2.38. The number of rotatable bonds is 3. The fraction of sp³-hybridized carbons (Fsp3) is 0.462. The van der Waals surface area contributed by atoms with Crippen LogP contribution in [0.4, 0.5) is 5.69 Å². The van der Waals surface area contributed by atoms with E-state index in [1.807, 2.05) is 24.3 Å². The smallest absolute Gasteiger partial charge is 0.101 e. The Labute approximate surface area is 96.0 Å². The molecular formula is C13H16N2O. The van der Waals surface area contributed by atoms with E-state index in [0.29, 0.717) is 11.7 Å². The van der Waals surface area contributed by atoms with Gasteiger partial charge in [0.05, 0.1) is 17.4 Å². The largest absolute Gasteiger partial charge is 0.381 e. The van der Waals surface area contributed by atoms with Crippen LogP contribution in [0.5, 0.6) is 0 Å². The Balaban J connectivity index is 1.91. The molecule has 1 saturated heterocycles. The van der Waals surface area contributed by atoms with Gasteiger partial charge in [0.25, 0.3) is 0 Å². The molecule has 1 N–H and O–H groups in total. The first-order chi connectivity index (χ1) is 7.90. The van der Waals surface area contributed by atoms with E-state index >= 15 is 0 Å². The lowest BCUT2D eigenvalue weighted by molar-refractivity contribution is 0.0247. The van der Waals surface area contributed by atoms with Crippen LogP contribution >= 0.6 is 0 Å². The molecule has 0 radical (unpaired) electrons. The van der Waals surface area contributed by atoms with Crippen LogP contribution in [-0.2, 0) is 4.74 Å². The van der Waals surface area contributed by atoms with Crippen LogP contribution in [0.3, 0.4) is 0 Å². The Hall–Kier alpha value is -1.53. The summed E-state index contributed by atoms with van der Waals surface area (Å²) in [6.45, 7) is 1.66. The number of hydrogen-bond acceptors (Lipinski definition) is 3. The maximum absolute atomic E-state index is 8.93. The Morgan fingerprint density at radius 2 is 2.25 bits per heavy atom. The fourth-order valence-electron chi connectivity index (χ4n) is 1.93. The van der Waals surface area contributed by atoms with Gasteiger partial charge in [0, 0.05) is 13.2 Å². The van der Waals surface area contributed by atoms with Crippen LogP contribution in [0.25, 0.3) is 0 Å². The first-order valence-corrected chi connectivity index (χ1v) is 5.75. The van der Waals surface area contributed by atoms with Crippen molar-refractivity contribution in [1.29, 1.82) is 5.26 Å². The third-order valence-corrected chi connectivity index (χ3v) is 2.84. The van der Waals surface area contributed by atoms with Gasteiger partial charge in [-0.25, -0.2) is 0 Å². The molecule has 0 bridgehead atoms. The normalized spacial score (nSPS) is 20.1. The van der Waals surface area contributed by atoms with Crippen molar-refractivity contribution in [2.45, 2.75) is 25.4 Å². The monoisotopic (exact) mass is 216 g/mol. The zero-order valence-electron chi connectivity index (χ0n) is 9.28. The quantitative estimate of drug-likeness (QED) is 0.844. The van der Waals surface area contributed by atoms with Gasteiger partial charge in [-0.2, -0.15) is 5.26 Å². The van der Waals surface area contributed by atoms with Gasteiger partial charge in [-0.05, 0) is 31.4 Å². The van der Waals surface area contributed by atoms with Crippen molar-refractivity contribution in [2.75, 3.05) is 18.5 Å². The number of para-hydroxylation sites is 1. The highest BCUT2D eigenvalue weighted by atomic mass is 16.5. The second kappa shape index (κ2) is 5.53. The minimum atomic E-state index is 0.292. The molecule has 1 aromatic carbocycles. The predicted octanol–water partition coefficient (Wildman–Crippen LogP) is 2.54. The second-order valence-electron chi connectivity index (χ2n) is 4.03. The summed E-state index contributed by atoms with van der Waals surface area (Å²) in [7, 11) is 0. The minimum absolute atomic E-state index is 0.292. The van der Waals surface area contributed by atoms with E-state index in [2.05, 4.69) is 11.4 Å². The lowest BCUT2D eigenvalue weighted by atomic mass is 10.1. The molecule has 0 aliphatic carbocycles. The van der Waals surface area contributed by atoms with E-state index in [9.17, 15) is 0 Å². The topological polar surface area (TPSA) is 45.0 Å². The summed E-state index contributed by atoms with van der Waals surface area (Å²) in [5, 5.41) is 12.2. The molecule has 0 spiro atoms. The summed E-state index contributed by atoms with van der Waals surface area (Å²) in [4.78, 5) is 0. The van der Waals surface area contributed by atoms with Crippen LogP contribution in [0.2, 0.25) is 0 Å². The Morgan fingerprint density at radius 3 is 3.00 bits per heavy atom. The lowest BCUT2D eigenvalue weighted by Gasteiger charge is -2.23. The van der Waals surface area contributed by atoms with Crippen LogP contribution in [0, 0.1) is 11.3 Å². The first-order valence-electron chi connectivity index (χ1n) is 5.75. The maximum Gasteiger partial charge on any atom is 0.101 e. The van der Waals surface area contributed by atoms with Gasteiger partial charge < -0.3 is 10.1 Å². The van der Waals surface area contributed by atoms with Crippen LogP contribution < -0.4 is 5.32 Å². The number of hydrogen-bond donors (Lipinski definition) is 1. The SMILES string of the molecule is N#Cc1ccccc1NCC1CCCCO1. The molecule has 1 aromatic rings. The summed E-state index contributed by atoms with van der Waals surface area (Å²) in [5.41, 5.74) is 1.59. The number of nitrogens with one attached hydrogen (secondary N) is 1. The van der Waals surface area contributed by atoms with E-state index in [1.54, 1.807) is 0 Å². The zero-order valence-corrected chi connectivity index (χ0v) is 9.28. The summed E-state index contributed by atoms with van der Waals surface area (Å²) in [6, 6.07) is 9.75. The van der Waals surface area contributed by atoms with Gasteiger partial charge >= 0.3 is 0 Å². The van der Waals surface area contributed by atoms with E-state index in [4.69, 9.17) is 10.00 Å². The van der Waals surface area contributed by atoms with Crippen molar-refractivity contribution in [1.82, 2.24) is 0 Å². The molecule has 0 saturated carbocycles. The molecule has 3 nitrogen and oxygen atoms in total. The molecule has 0 aromatic heterocycles. The molecule has 1 aliphatic heterocycles.